The summed E-state index contributed by atoms with van der Waals surface area (Å²) in [7, 11) is 0. The van der Waals surface area contributed by atoms with Crippen molar-refractivity contribution in [3.05, 3.63) is 39.9 Å². The van der Waals surface area contributed by atoms with Gasteiger partial charge in [-0.05, 0) is 43.6 Å². The minimum Gasteiger partial charge on any atom is -0.481 e. The van der Waals surface area contributed by atoms with Crippen molar-refractivity contribution in [2.75, 3.05) is 6.54 Å². The van der Waals surface area contributed by atoms with Gasteiger partial charge >= 0.3 is 5.97 Å². The van der Waals surface area contributed by atoms with Crippen LogP contribution >= 0.6 is 0 Å². The van der Waals surface area contributed by atoms with Crippen molar-refractivity contribution in [1.82, 2.24) is 26.6 Å². The van der Waals surface area contributed by atoms with E-state index in [1.807, 2.05) is 34.6 Å². The fraction of sp³-hybridized carbons (Fsp3) is 0.656. The van der Waals surface area contributed by atoms with Crippen LogP contribution in [0.15, 0.2) is 24.3 Å². The third-order valence-electron chi connectivity index (χ3n) is 7.57. The van der Waals surface area contributed by atoms with E-state index in [1.165, 1.54) is 12.1 Å². The first-order valence-corrected chi connectivity index (χ1v) is 16.0. The van der Waals surface area contributed by atoms with Crippen molar-refractivity contribution >= 4 is 35.3 Å². The molecule has 46 heavy (non-hydrogen) atoms. The highest BCUT2D eigenvalue weighted by Gasteiger charge is 2.30. The average molecular weight is 649 g/mol. The minimum atomic E-state index is -1.00. The number of benzene rings is 1. The van der Waals surface area contributed by atoms with Gasteiger partial charge in [-0.3, -0.25) is 34.1 Å². The summed E-state index contributed by atoms with van der Waals surface area (Å²) in [4.78, 5) is 73.2. The van der Waals surface area contributed by atoms with Gasteiger partial charge in [0.2, 0.25) is 23.6 Å². The van der Waals surface area contributed by atoms with Crippen molar-refractivity contribution in [2.45, 2.75) is 117 Å². The predicted octanol–water partition coefficient (Wildman–Crippen LogP) is 2.79. The summed E-state index contributed by atoms with van der Waals surface area (Å²) in [5.74, 6) is -2.60. The van der Waals surface area contributed by atoms with Crippen LogP contribution in [0.3, 0.4) is 0 Å². The van der Waals surface area contributed by atoms with Gasteiger partial charge in [-0.1, -0.05) is 59.6 Å². The molecule has 0 radical (unpaired) electrons. The first kappa shape index (κ1) is 40.0. The van der Waals surface area contributed by atoms with Gasteiger partial charge in [0.25, 0.3) is 5.69 Å². The molecule has 0 aliphatic carbocycles. The van der Waals surface area contributed by atoms with Gasteiger partial charge in [0, 0.05) is 44.1 Å². The monoisotopic (exact) mass is 648 g/mol. The zero-order valence-electron chi connectivity index (χ0n) is 27.9. The molecule has 1 aromatic carbocycles. The van der Waals surface area contributed by atoms with Crippen LogP contribution < -0.4 is 26.6 Å². The molecule has 0 aliphatic rings. The molecule has 0 saturated carbocycles. The second kappa shape index (κ2) is 20.9. The number of nitro groups is 1. The van der Waals surface area contributed by atoms with Crippen LogP contribution in [0, 0.1) is 22.0 Å². The average Bonchev–Trinajstić information content (AvgIpc) is 2.99. The molecule has 0 aromatic heterocycles. The molecule has 6 N–H and O–H groups in total. The standard InChI is InChI=1S/C32H52N6O8/c1-7-11-26(36-32(44)29(21(5)8-2)37-27(39)14-10-15-28(40)41)31(43)35-24(16-20(3)4)19-33-22(6)30(42)34-18-23-12-9-13-25(17-23)38(45)46/h9,12-13,17,20-22,24,26,29,33H,7-8,10-11,14-16,18-19H2,1-6H3,(H,34,42)(H,35,43)(H,36,44)(H,37,39)(H,40,41)/t21-,22-,24-,26-,29-/m0/s1. The number of nitrogens with one attached hydrogen (secondary N) is 5. The van der Waals surface area contributed by atoms with Gasteiger partial charge < -0.3 is 31.7 Å². The molecule has 258 valence electrons. The number of amides is 4. The van der Waals surface area contributed by atoms with Gasteiger partial charge in [0.1, 0.15) is 12.1 Å². The van der Waals surface area contributed by atoms with Gasteiger partial charge in [-0.15, -0.1) is 0 Å². The van der Waals surface area contributed by atoms with Crippen molar-refractivity contribution < 1.29 is 34.0 Å². The van der Waals surface area contributed by atoms with E-state index in [0.717, 1.165) is 0 Å². The van der Waals surface area contributed by atoms with Crippen LogP contribution in [0.25, 0.3) is 0 Å². The van der Waals surface area contributed by atoms with Crippen LogP contribution in [0.2, 0.25) is 0 Å². The first-order chi connectivity index (χ1) is 21.7. The van der Waals surface area contributed by atoms with Gasteiger partial charge in [-0.2, -0.15) is 0 Å². The maximum atomic E-state index is 13.4. The summed E-state index contributed by atoms with van der Waals surface area (Å²) in [5, 5.41) is 34.3. The van der Waals surface area contributed by atoms with E-state index < -0.39 is 40.8 Å². The summed E-state index contributed by atoms with van der Waals surface area (Å²) in [5.41, 5.74) is 0.535. The number of carbonyl (C=O) groups is 5. The Morgan fingerprint density at radius 3 is 2.22 bits per heavy atom. The van der Waals surface area contributed by atoms with Crippen molar-refractivity contribution in [3.63, 3.8) is 0 Å². The van der Waals surface area contributed by atoms with E-state index in [4.69, 9.17) is 5.11 Å². The lowest BCUT2D eigenvalue weighted by Crippen LogP contribution is -2.57. The summed E-state index contributed by atoms with van der Waals surface area (Å²) in [6, 6.07) is 3.32. The van der Waals surface area contributed by atoms with Crippen molar-refractivity contribution in [2.24, 2.45) is 11.8 Å². The maximum Gasteiger partial charge on any atom is 0.303 e. The maximum absolute atomic E-state index is 13.4. The topological polar surface area (TPSA) is 209 Å². The number of hydrogen-bond donors (Lipinski definition) is 6. The molecule has 1 aromatic rings. The van der Waals surface area contributed by atoms with Crippen molar-refractivity contribution in [3.8, 4) is 0 Å². The summed E-state index contributed by atoms with van der Waals surface area (Å²) >= 11 is 0. The molecule has 0 spiro atoms. The number of carboxylic acid groups (broad SMARTS) is 1. The fourth-order valence-electron chi connectivity index (χ4n) is 4.76. The number of nitro benzene ring substituents is 1. The SMILES string of the molecule is CCC[C@H](NC(=O)[C@@H](NC(=O)CCCC(=O)O)[C@@H](C)CC)C(=O)N[C@H](CN[C@@H](C)C(=O)NCc1cccc([N+](=O)[O-])c1)CC(C)C. The number of carbonyl (C=O) groups excluding carboxylic acids is 4. The van der Waals surface area contributed by atoms with Gasteiger partial charge in [-0.25, -0.2) is 0 Å². The Balaban J connectivity index is 2.84. The van der Waals surface area contributed by atoms with Crippen LogP contribution in [0.1, 0.15) is 92.1 Å². The Morgan fingerprint density at radius 2 is 1.63 bits per heavy atom. The molecule has 0 unspecified atom stereocenters. The van der Waals surface area contributed by atoms with E-state index in [1.54, 1.807) is 19.1 Å². The zero-order valence-corrected chi connectivity index (χ0v) is 27.9. The Bertz CT molecular complexity index is 1180. The van der Waals surface area contributed by atoms with Crippen LogP contribution in [0.5, 0.6) is 0 Å². The van der Waals surface area contributed by atoms with Crippen molar-refractivity contribution in [1.29, 1.82) is 0 Å². The summed E-state index contributed by atoms with van der Waals surface area (Å²) in [6.07, 6.45) is 2.16. The van der Waals surface area contributed by atoms with E-state index in [2.05, 4.69) is 26.6 Å². The van der Waals surface area contributed by atoms with Crippen LogP contribution in [-0.4, -0.2) is 70.3 Å². The molecular weight excluding hydrogens is 596 g/mol. The summed E-state index contributed by atoms with van der Waals surface area (Å²) < 4.78 is 0. The number of rotatable bonds is 22. The molecule has 1 rings (SSSR count). The quantitative estimate of drug-likeness (QED) is 0.0805. The van der Waals surface area contributed by atoms with Crippen LogP contribution in [-0.2, 0) is 30.5 Å². The molecule has 0 fully saturated rings. The lowest BCUT2D eigenvalue weighted by molar-refractivity contribution is -0.384. The molecule has 0 bridgehead atoms. The third kappa shape index (κ3) is 15.3. The molecule has 0 saturated heterocycles. The fourth-order valence-corrected chi connectivity index (χ4v) is 4.76. The lowest BCUT2D eigenvalue weighted by atomic mass is 9.97. The normalized spacial score (nSPS) is 14.3. The van der Waals surface area contributed by atoms with E-state index >= 15 is 0 Å². The molecular formula is C32H52N6O8. The predicted molar refractivity (Wildman–Crippen MR) is 174 cm³/mol. The van der Waals surface area contributed by atoms with Crippen LogP contribution in [0.4, 0.5) is 5.69 Å². The molecule has 14 nitrogen and oxygen atoms in total. The molecule has 14 heteroatoms. The van der Waals surface area contributed by atoms with Gasteiger partial charge in [0.15, 0.2) is 0 Å². The number of nitrogens with zero attached hydrogens (tertiary/aromatic N) is 1. The molecule has 4 amide bonds. The molecule has 0 aliphatic heterocycles. The Kier molecular flexibility index (Phi) is 18.1. The second-order valence-electron chi connectivity index (χ2n) is 12.1. The third-order valence-corrected chi connectivity index (χ3v) is 7.57. The zero-order chi connectivity index (χ0) is 34.8. The summed E-state index contributed by atoms with van der Waals surface area (Å²) in [6.45, 7) is 11.7. The lowest BCUT2D eigenvalue weighted by Gasteiger charge is -2.28. The largest absolute Gasteiger partial charge is 0.481 e. The highest BCUT2D eigenvalue weighted by atomic mass is 16.6. The van der Waals surface area contributed by atoms with E-state index in [0.29, 0.717) is 31.2 Å². The Labute approximate surface area is 271 Å². The molecule has 5 atom stereocenters. The Morgan fingerprint density at radius 1 is 0.935 bits per heavy atom. The number of hydrogen-bond acceptors (Lipinski definition) is 8. The highest BCUT2D eigenvalue weighted by molar-refractivity contribution is 5.92. The Hall–Kier alpha value is -4.07. The number of non-ortho nitro benzene ring substituents is 1. The first-order valence-electron chi connectivity index (χ1n) is 16.0. The minimum absolute atomic E-state index is 0.0273. The van der Waals surface area contributed by atoms with E-state index in [9.17, 15) is 34.1 Å². The smallest absolute Gasteiger partial charge is 0.303 e. The number of carboxylic acids is 1. The van der Waals surface area contributed by atoms with Gasteiger partial charge in [0.05, 0.1) is 11.0 Å². The van der Waals surface area contributed by atoms with E-state index in [-0.39, 0.29) is 67.7 Å². The second-order valence-corrected chi connectivity index (χ2v) is 12.1. The number of aliphatic carboxylic acids is 1. The highest BCUT2D eigenvalue weighted by Crippen LogP contribution is 2.13. The molecule has 0 heterocycles.